The van der Waals surface area contributed by atoms with Crippen LogP contribution >= 0.6 is 11.8 Å². The van der Waals surface area contributed by atoms with E-state index in [0.717, 1.165) is 6.42 Å². The van der Waals surface area contributed by atoms with Crippen molar-refractivity contribution < 1.29 is 19.1 Å². The fourth-order valence-corrected chi connectivity index (χ4v) is 5.09. The molecule has 0 bridgehead atoms. The fraction of sp³-hybridized carbons (Fsp3) is 0.417. The maximum atomic E-state index is 13.4. The van der Waals surface area contributed by atoms with E-state index in [1.165, 1.54) is 11.8 Å². The van der Waals surface area contributed by atoms with Crippen LogP contribution in [0.25, 0.3) is 5.82 Å². The number of likely N-dealkylation sites (tertiary alicyclic amines) is 1. The van der Waals surface area contributed by atoms with E-state index in [9.17, 15) is 14.4 Å². The zero-order chi connectivity index (χ0) is 25.1. The molecule has 1 atom stereocenters. The number of esters is 1. The number of carbonyl (C=O) groups excluding carboxylic acids is 3. The van der Waals surface area contributed by atoms with Gasteiger partial charge in [0, 0.05) is 24.9 Å². The number of aromatic amines is 1. The monoisotopic (exact) mass is 496 g/mol. The Hall–Kier alpha value is -3.47. The predicted octanol–water partition coefficient (Wildman–Crippen LogP) is 3.27. The number of carbonyl (C=O) groups is 3. The van der Waals surface area contributed by atoms with Gasteiger partial charge in [-0.2, -0.15) is 0 Å². The van der Waals surface area contributed by atoms with Gasteiger partial charge in [-0.3, -0.25) is 14.2 Å². The number of hydrogen-bond donors (Lipinski definition) is 1. The Balaban J connectivity index is 1.61. The average Bonchev–Trinajstić information content (AvgIpc) is 3.51. The highest BCUT2D eigenvalue weighted by Gasteiger charge is 2.29. The molecule has 4 heterocycles. The molecule has 3 aromatic heterocycles. The standard InChI is InChI=1S/C24H28N6O4S/c1-5-34-23(33)20-14(2)21(26-15(20)3)22(32)16(4)35-24-28-27-18(13-29-12-8-10-19(29)31)30(24)17-9-6-7-11-25-17/h6-7,9,11,16,26H,5,8,10,12-13H2,1-4H3/t16-/m1/s1. The number of nitrogens with zero attached hydrogens (tertiary/aromatic N) is 5. The second-order valence-corrected chi connectivity index (χ2v) is 9.62. The first kappa shape index (κ1) is 24.6. The van der Waals surface area contributed by atoms with Crippen molar-refractivity contribution in [3.63, 3.8) is 0 Å². The first-order valence-corrected chi connectivity index (χ1v) is 12.4. The summed E-state index contributed by atoms with van der Waals surface area (Å²) in [7, 11) is 0. The number of thioether (sulfide) groups is 1. The van der Waals surface area contributed by atoms with Gasteiger partial charge < -0.3 is 14.6 Å². The van der Waals surface area contributed by atoms with E-state index in [1.54, 1.807) is 43.4 Å². The van der Waals surface area contributed by atoms with E-state index in [1.807, 2.05) is 18.2 Å². The Labute approximate surface area is 207 Å². The molecule has 0 radical (unpaired) electrons. The Kier molecular flexibility index (Phi) is 7.34. The van der Waals surface area contributed by atoms with Crippen LogP contribution in [0.15, 0.2) is 29.6 Å². The number of aryl methyl sites for hydroxylation is 1. The Morgan fingerprint density at radius 2 is 2.06 bits per heavy atom. The Morgan fingerprint density at radius 3 is 2.71 bits per heavy atom. The SMILES string of the molecule is CCOC(=O)c1c(C)[nH]c(C(=O)[C@@H](C)Sc2nnc(CN3CCCC3=O)n2-c2ccccn2)c1C. The molecule has 0 spiro atoms. The van der Waals surface area contributed by atoms with Crippen LogP contribution in [0.4, 0.5) is 0 Å². The van der Waals surface area contributed by atoms with Gasteiger partial charge in [-0.15, -0.1) is 10.2 Å². The topological polar surface area (TPSA) is 123 Å². The third-order valence-electron chi connectivity index (χ3n) is 5.90. The van der Waals surface area contributed by atoms with Gasteiger partial charge in [0.1, 0.15) is 5.82 Å². The summed E-state index contributed by atoms with van der Waals surface area (Å²) in [5, 5.41) is 8.63. The minimum absolute atomic E-state index is 0.0910. The van der Waals surface area contributed by atoms with Crippen molar-refractivity contribution in [2.24, 2.45) is 0 Å². The number of hydrogen-bond acceptors (Lipinski definition) is 8. The van der Waals surface area contributed by atoms with Crippen LogP contribution in [0.1, 0.15) is 64.6 Å². The molecule has 4 rings (SSSR count). The van der Waals surface area contributed by atoms with Crippen molar-refractivity contribution in [1.29, 1.82) is 0 Å². The van der Waals surface area contributed by atoms with Gasteiger partial charge in [-0.05, 0) is 51.8 Å². The van der Waals surface area contributed by atoms with Crippen LogP contribution in [-0.4, -0.2) is 65.7 Å². The van der Waals surface area contributed by atoms with Crippen molar-refractivity contribution in [2.45, 2.75) is 57.5 Å². The summed E-state index contributed by atoms with van der Waals surface area (Å²) in [6, 6.07) is 5.51. The summed E-state index contributed by atoms with van der Waals surface area (Å²) in [5.74, 6) is 0.663. The second-order valence-electron chi connectivity index (χ2n) is 8.31. The molecular formula is C24H28N6O4S. The maximum absolute atomic E-state index is 13.4. The summed E-state index contributed by atoms with van der Waals surface area (Å²) >= 11 is 1.25. The van der Waals surface area contributed by atoms with E-state index in [2.05, 4.69) is 20.2 Å². The Morgan fingerprint density at radius 1 is 1.26 bits per heavy atom. The number of ketones is 1. The van der Waals surface area contributed by atoms with Crippen molar-refractivity contribution in [2.75, 3.05) is 13.2 Å². The van der Waals surface area contributed by atoms with Gasteiger partial charge in [0.2, 0.25) is 5.91 Å². The van der Waals surface area contributed by atoms with Crippen LogP contribution in [0.2, 0.25) is 0 Å². The highest BCUT2D eigenvalue weighted by Crippen LogP contribution is 2.29. The molecule has 1 aliphatic heterocycles. The lowest BCUT2D eigenvalue weighted by molar-refractivity contribution is -0.128. The molecule has 1 saturated heterocycles. The van der Waals surface area contributed by atoms with Crippen LogP contribution in [0.5, 0.6) is 0 Å². The van der Waals surface area contributed by atoms with Crippen LogP contribution < -0.4 is 0 Å². The lowest BCUT2D eigenvalue weighted by Crippen LogP contribution is -2.26. The van der Waals surface area contributed by atoms with Crippen LogP contribution in [0.3, 0.4) is 0 Å². The minimum Gasteiger partial charge on any atom is -0.462 e. The second kappa shape index (κ2) is 10.4. The summed E-state index contributed by atoms with van der Waals surface area (Å²) in [5.41, 5.74) is 1.92. The van der Waals surface area contributed by atoms with Crippen LogP contribution in [-0.2, 0) is 16.1 Å². The number of pyridine rings is 1. The van der Waals surface area contributed by atoms with E-state index >= 15 is 0 Å². The molecule has 1 N–H and O–H groups in total. The molecule has 0 aliphatic carbocycles. The lowest BCUT2D eigenvalue weighted by atomic mass is 10.1. The fourth-order valence-electron chi connectivity index (χ4n) is 4.16. The number of Topliss-reactive ketones (excluding diaryl/α,β-unsaturated/α-hetero) is 1. The summed E-state index contributed by atoms with van der Waals surface area (Å²) in [6.07, 6.45) is 3.03. The molecular weight excluding hydrogens is 468 g/mol. The third-order valence-corrected chi connectivity index (χ3v) is 6.94. The number of rotatable bonds is 9. The molecule has 184 valence electrons. The zero-order valence-electron chi connectivity index (χ0n) is 20.2. The molecule has 35 heavy (non-hydrogen) atoms. The number of nitrogens with one attached hydrogen (secondary N) is 1. The number of ether oxygens (including phenoxy) is 1. The summed E-state index contributed by atoms with van der Waals surface area (Å²) in [4.78, 5) is 47.1. The average molecular weight is 497 g/mol. The molecule has 3 aromatic rings. The lowest BCUT2D eigenvalue weighted by Gasteiger charge is -2.16. The van der Waals surface area contributed by atoms with Crippen molar-refractivity contribution in [3.8, 4) is 5.82 Å². The molecule has 11 heteroatoms. The van der Waals surface area contributed by atoms with E-state index < -0.39 is 11.2 Å². The number of H-pyrrole nitrogens is 1. The zero-order valence-corrected chi connectivity index (χ0v) is 21.0. The van der Waals surface area contributed by atoms with Crippen molar-refractivity contribution in [1.82, 2.24) is 29.6 Å². The molecule has 1 aliphatic rings. The van der Waals surface area contributed by atoms with Gasteiger partial charge in [-0.25, -0.2) is 9.78 Å². The third kappa shape index (κ3) is 5.00. The quantitative estimate of drug-likeness (QED) is 0.272. The summed E-state index contributed by atoms with van der Waals surface area (Å²) < 4.78 is 6.93. The Bertz CT molecular complexity index is 1250. The molecule has 10 nitrogen and oxygen atoms in total. The maximum Gasteiger partial charge on any atom is 0.340 e. The van der Waals surface area contributed by atoms with Crippen molar-refractivity contribution >= 4 is 29.4 Å². The molecule has 0 saturated carbocycles. The first-order valence-electron chi connectivity index (χ1n) is 11.5. The van der Waals surface area contributed by atoms with Gasteiger partial charge in [0.05, 0.1) is 29.7 Å². The van der Waals surface area contributed by atoms with Crippen LogP contribution in [0, 0.1) is 13.8 Å². The normalized spacial score (nSPS) is 14.4. The first-order chi connectivity index (χ1) is 16.8. The highest BCUT2D eigenvalue weighted by atomic mass is 32.2. The largest absolute Gasteiger partial charge is 0.462 e. The van der Waals surface area contributed by atoms with E-state index in [0.29, 0.717) is 58.8 Å². The molecule has 0 aromatic carbocycles. The smallest absolute Gasteiger partial charge is 0.340 e. The van der Waals surface area contributed by atoms with Gasteiger partial charge >= 0.3 is 5.97 Å². The minimum atomic E-state index is -0.533. The molecule has 1 amide bonds. The van der Waals surface area contributed by atoms with Gasteiger partial charge in [0.15, 0.2) is 16.8 Å². The molecule has 1 fully saturated rings. The van der Waals surface area contributed by atoms with Gasteiger partial charge in [0.25, 0.3) is 0 Å². The summed E-state index contributed by atoms with van der Waals surface area (Å²) in [6.45, 7) is 8.27. The van der Waals surface area contributed by atoms with Gasteiger partial charge in [-0.1, -0.05) is 17.8 Å². The highest BCUT2D eigenvalue weighted by molar-refractivity contribution is 8.00. The van der Waals surface area contributed by atoms with Crippen molar-refractivity contribution in [3.05, 3.63) is 52.7 Å². The number of aromatic nitrogens is 5. The molecule has 0 unspecified atom stereocenters. The predicted molar refractivity (Wildman–Crippen MR) is 130 cm³/mol. The van der Waals surface area contributed by atoms with E-state index in [-0.39, 0.29) is 18.3 Å². The number of amides is 1. The van der Waals surface area contributed by atoms with E-state index in [4.69, 9.17) is 4.74 Å².